The number of aliphatic hydroxyl groups is 1. The zero-order valence-electron chi connectivity index (χ0n) is 8.49. The summed E-state index contributed by atoms with van der Waals surface area (Å²) >= 11 is 0. The number of carbonyl (C=O) groups is 1. The zero-order chi connectivity index (χ0) is 12.1. The lowest BCUT2D eigenvalue weighted by Crippen LogP contribution is -2.14. The minimum atomic E-state index is -0.770. The molecule has 1 amide bonds. The predicted molar refractivity (Wildman–Crippen MR) is 56.0 cm³/mol. The van der Waals surface area contributed by atoms with Crippen LogP contribution in [0.4, 0.5) is 10.1 Å². The van der Waals surface area contributed by atoms with E-state index >= 15 is 0 Å². The summed E-state index contributed by atoms with van der Waals surface area (Å²) < 4.78 is 12.8. The molecule has 1 aromatic carbocycles. The number of carbonyl (C=O) groups excluding carboxylic acids is 1. The van der Waals surface area contributed by atoms with Crippen LogP contribution in [0, 0.1) is 17.1 Å². The molecule has 0 aliphatic heterocycles. The SMILES string of the molecule is CC(O)=C(C#N)C(=O)Nc1cccc(F)c1. The van der Waals surface area contributed by atoms with E-state index in [-0.39, 0.29) is 11.4 Å². The molecule has 0 aliphatic rings. The second-order valence-electron chi connectivity index (χ2n) is 3.04. The summed E-state index contributed by atoms with van der Waals surface area (Å²) in [5.41, 5.74) is -0.178. The Bertz CT molecular complexity index is 485. The highest BCUT2D eigenvalue weighted by Crippen LogP contribution is 2.11. The molecule has 2 N–H and O–H groups in total. The summed E-state index contributed by atoms with van der Waals surface area (Å²) in [6, 6.07) is 6.80. The molecular weight excluding hydrogens is 211 g/mol. The molecule has 1 aromatic rings. The Morgan fingerprint density at radius 1 is 1.56 bits per heavy atom. The Morgan fingerprint density at radius 2 is 2.25 bits per heavy atom. The van der Waals surface area contributed by atoms with Crippen molar-refractivity contribution in [3.63, 3.8) is 0 Å². The highest BCUT2D eigenvalue weighted by Gasteiger charge is 2.12. The third-order valence-electron chi connectivity index (χ3n) is 1.78. The van der Waals surface area contributed by atoms with Crippen LogP contribution in [0.5, 0.6) is 0 Å². The van der Waals surface area contributed by atoms with Crippen LogP contribution in [0.15, 0.2) is 35.6 Å². The van der Waals surface area contributed by atoms with Crippen LogP contribution >= 0.6 is 0 Å². The summed E-state index contributed by atoms with van der Waals surface area (Å²) in [6.07, 6.45) is 0. The van der Waals surface area contributed by atoms with Crippen LogP contribution in [-0.2, 0) is 4.79 Å². The number of hydrogen-bond acceptors (Lipinski definition) is 3. The highest BCUT2D eigenvalue weighted by atomic mass is 19.1. The van der Waals surface area contributed by atoms with Gasteiger partial charge in [-0.25, -0.2) is 4.39 Å². The van der Waals surface area contributed by atoms with Crippen molar-refractivity contribution in [1.29, 1.82) is 5.26 Å². The number of nitrogens with one attached hydrogen (secondary N) is 1. The first-order chi connectivity index (χ1) is 7.54. The fourth-order valence-electron chi connectivity index (χ4n) is 1.06. The Kier molecular flexibility index (Phi) is 3.62. The van der Waals surface area contributed by atoms with Crippen molar-refractivity contribution in [3.8, 4) is 6.07 Å². The maximum Gasteiger partial charge on any atom is 0.269 e. The Labute approximate surface area is 91.6 Å². The number of allylic oxidation sites excluding steroid dienone is 1. The van der Waals surface area contributed by atoms with E-state index in [1.165, 1.54) is 25.1 Å². The quantitative estimate of drug-likeness (QED) is 0.455. The largest absolute Gasteiger partial charge is 0.511 e. The maximum atomic E-state index is 12.8. The molecule has 0 bridgehead atoms. The van der Waals surface area contributed by atoms with Gasteiger partial charge in [0, 0.05) is 5.69 Å². The summed E-state index contributed by atoms with van der Waals surface area (Å²) in [5.74, 6) is -1.65. The van der Waals surface area contributed by atoms with E-state index in [0.717, 1.165) is 6.07 Å². The molecule has 0 fully saturated rings. The summed E-state index contributed by atoms with van der Waals surface area (Å²) in [4.78, 5) is 11.4. The van der Waals surface area contributed by atoms with E-state index in [1.54, 1.807) is 6.07 Å². The van der Waals surface area contributed by atoms with Crippen molar-refractivity contribution in [2.45, 2.75) is 6.92 Å². The average molecular weight is 220 g/mol. The average Bonchev–Trinajstić information content (AvgIpc) is 2.17. The van der Waals surface area contributed by atoms with Crippen LogP contribution < -0.4 is 5.32 Å². The standard InChI is InChI=1S/C11H9FN2O2/c1-7(15)10(6-13)11(16)14-9-4-2-3-8(12)5-9/h2-5,15H,1H3,(H,14,16). The third kappa shape index (κ3) is 2.82. The summed E-state index contributed by atoms with van der Waals surface area (Å²) in [7, 11) is 0. The molecule has 0 saturated heterocycles. The van der Waals surface area contributed by atoms with Gasteiger partial charge in [-0.05, 0) is 25.1 Å². The first-order valence-corrected chi connectivity index (χ1v) is 4.41. The molecule has 0 unspecified atom stereocenters. The Balaban J connectivity index is 2.88. The molecule has 0 spiro atoms. The number of hydrogen-bond donors (Lipinski definition) is 2. The molecule has 0 heterocycles. The molecule has 16 heavy (non-hydrogen) atoms. The van der Waals surface area contributed by atoms with Gasteiger partial charge in [-0.1, -0.05) is 6.07 Å². The van der Waals surface area contributed by atoms with Gasteiger partial charge < -0.3 is 10.4 Å². The number of rotatable bonds is 2. The van der Waals surface area contributed by atoms with Crippen LogP contribution in [0.1, 0.15) is 6.92 Å². The second kappa shape index (κ2) is 4.94. The first-order valence-electron chi connectivity index (χ1n) is 4.41. The number of nitrogens with zero attached hydrogens (tertiary/aromatic N) is 1. The number of amides is 1. The number of aliphatic hydroxyl groups excluding tert-OH is 1. The molecular formula is C11H9FN2O2. The molecule has 0 radical (unpaired) electrons. The number of halogens is 1. The monoisotopic (exact) mass is 220 g/mol. The van der Waals surface area contributed by atoms with E-state index in [0.29, 0.717) is 0 Å². The second-order valence-corrected chi connectivity index (χ2v) is 3.04. The maximum absolute atomic E-state index is 12.8. The van der Waals surface area contributed by atoms with Gasteiger partial charge in [-0.2, -0.15) is 5.26 Å². The normalized spacial score (nSPS) is 11.3. The van der Waals surface area contributed by atoms with Crippen LogP contribution in [0.2, 0.25) is 0 Å². The Morgan fingerprint density at radius 3 is 2.75 bits per heavy atom. The lowest BCUT2D eigenvalue weighted by molar-refractivity contribution is -0.112. The van der Waals surface area contributed by atoms with Crippen molar-refractivity contribution in [2.24, 2.45) is 0 Å². The van der Waals surface area contributed by atoms with Crippen molar-refractivity contribution < 1.29 is 14.3 Å². The van der Waals surface area contributed by atoms with E-state index in [2.05, 4.69) is 5.32 Å². The smallest absolute Gasteiger partial charge is 0.269 e. The van der Waals surface area contributed by atoms with Crippen molar-refractivity contribution >= 4 is 11.6 Å². The Hall–Kier alpha value is -2.35. The van der Waals surface area contributed by atoms with Gasteiger partial charge in [0.2, 0.25) is 0 Å². The number of nitriles is 1. The van der Waals surface area contributed by atoms with Crippen LogP contribution in [0.25, 0.3) is 0 Å². The summed E-state index contributed by atoms with van der Waals surface area (Å²) in [6.45, 7) is 1.23. The van der Waals surface area contributed by atoms with Gasteiger partial charge in [0.15, 0.2) is 5.57 Å². The number of benzene rings is 1. The highest BCUT2D eigenvalue weighted by molar-refractivity contribution is 6.06. The van der Waals surface area contributed by atoms with Crippen molar-refractivity contribution in [2.75, 3.05) is 5.32 Å². The fourth-order valence-corrected chi connectivity index (χ4v) is 1.06. The molecule has 0 saturated carbocycles. The van der Waals surface area contributed by atoms with Gasteiger partial charge >= 0.3 is 0 Å². The van der Waals surface area contributed by atoms with Crippen LogP contribution in [0.3, 0.4) is 0 Å². The lowest BCUT2D eigenvalue weighted by atomic mass is 10.2. The van der Waals surface area contributed by atoms with E-state index < -0.39 is 17.3 Å². The van der Waals surface area contributed by atoms with Gasteiger partial charge in [0.25, 0.3) is 5.91 Å². The molecule has 1 rings (SSSR count). The minimum absolute atomic E-state index is 0.221. The van der Waals surface area contributed by atoms with Gasteiger partial charge in [-0.3, -0.25) is 4.79 Å². The van der Waals surface area contributed by atoms with Gasteiger partial charge in [-0.15, -0.1) is 0 Å². The van der Waals surface area contributed by atoms with E-state index in [1.807, 2.05) is 0 Å². The van der Waals surface area contributed by atoms with Crippen molar-refractivity contribution in [3.05, 3.63) is 41.4 Å². The first kappa shape index (κ1) is 11.7. The van der Waals surface area contributed by atoms with Gasteiger partial charge in [0.05, 0.1) is 0 Å². The predicted octanol–water partition coefficient (Wildman–Crippen LogP) is 2.12. The van der Waals surface area contributed by atoms with Crippen molar-refractivity contribution in [1.82, 2.24) is 0 Å². The topological polar surface area (TPSA) is 73.1 Å². The molecule has 4 nitrogen and oxygen atoms in total. The van der Waals surface area contributed by atoms with E-state index in [4.69, 9.17) is 10.4 Å². The fraction of sp³-hybridized carbons (Fsp3) is 0.0909. The van der Waals surface area contributed by atoms with E-state index in [9.17, 15) is 9.18 Å². The molecule has 5 heteroatoms. The van der Waals surface area contributed by atoms with Crippen LogP contribution in [-0.4, -0.2) is 11.0 Å². The summed E-state index contributed by atoms with van der Waals surface area (Å²) in [5, 5.41) is 19.9. The lowest BCUT2D eigenvalue weighted by Gasteiger charge is -2.04. The molecule has 0 aliphatic carbocycles. The zero-order valence-corrected chi connectivity index (χ0v) is 8.49. The molecule has 0 aromatic heterocycles. The van der Waals surface area contributed by atoms with Gasteiger partial charge in [0.1, 0.15) is 17.6 Å². The molecule has 82 valence electrons. The number of anilines is 1. The minimum Gasteiger partial charge on any atom is -0.511 e. The third-order valence-corrected chi connectivity index (χ3v) is 1.78. The molecule has 0 atom stereocenters.